The van der Waals surface area contributed by atoms with Crippen molar-refractivity contribution in [3.05, 3.63) is 88.6 Å². The second kappa shape index (κ2) is 12.2. The van der Waals surface area contributed by atoms with Crippen molar-refractivity contribution in [3.63, 3.8) is 0 Å². The number of nitriles is 1. The summed E-state index contributed by atoms with van der Waals surface area (Å²) in [6.45, 7) is 11.7. The number of nitrogens with two attached hydrogens (primary N) is 1. The summed E-state index contributed by atoms with van der Waals surface area (Å²) in [7, 11) is 5.30. The van der Waals surface area contributed by atoms with E-state index in [-0.39, 0.29) is 18.0 Å². The molecule has 1 heterocycles. The van der Waals surface area contributed by atoms with E-state index >= 15 is 0 Å². The number of hydrogen-bond donors (Lipinski definition) is 3. The van der Waals surface area contributed by atoms with Gasteiger partial charge < -0.3 is 26.2 Å². The molecular formula is C33H42N6O2. The highest BCUT2D eigenvalue weighted by molar-refractivity contribution is 5.96. The monoisotopic (exact) mass is 554 g/mol. The number of hydrogen-bond acceptors (Lipinski definition) is 6. The molecule has 4 rings (SSSR count). The first-order valence-corrected chi connectivity index (χ1v) is 14.3. The quantitative estimate of drug-likeness (QED) is 0.415. The molecule has 8 heteroatoms. The number of fused-ring (bicyclic) bond motifs is 2. The Labute approximate surface area is 243 Å². The molecule has 0 saturated carbocycles. The van der Waals surface area contributed by atoms with Crippen molar-refractivity contribution >= 4 is 17.5 Å². The van der Waals surface area contributed by atoms with E-state index in [1.807, 2.05) is 31.3 Å². The van der Waals surface area contributed by atoms with Gasteiger partial charge >= 0.3 is 0 Å². The number of rotatable bonds is 10. The summed E-state index contributed by atoms with van der Waals surface area (Å²) >= 11 is 0. The summed E-state index contributed by atoms with van der Waals surface area (Å²) in [6, 6.07) is 13.9. The molecule has 2 aromatic rings. The number of carbonyl (C=O) groups is 2. The fourth-order valence-corrected chi connectivity index (χ4v) is 6.36. The number of primary amides is 1. The number of nitrogens with one attached hydrogen (secondary N) is 2. The van der Waals surface area contributed by atoms with Gasteiger partial charge in [0, 0.05) is 57.2 Å². The average Bonchev–Trinajstić information content (AvgIpc) is 3.40. The summed E-state index contributed by atoms with van der Waals surface area (Å²) in [5, 5.41) is 16.2. The molecule has 2 aliphatic rings. The highest BCUT2D eigenvalue weighted by atomic mass is 16.2. The molecule has 0 radical (unpaired) electrons. The Hall–Kier alpha value is -4.09. The summed E-state index contributed by atoms with van der Waals surface area (Å²) < 4.78 is 0. The lowest BCUT2D eigenvalue weighted by molar-refractivity contribution is -0.122. The zero-order chi connectivity index (χ0) is 29.9. The van der Waals surface area contributed by atoms with Gasteiger partial charge in [0.05, 0.1) is 6.07 Å². The van der Waals surface area contributed by atoms with Crippen LogP contribution in [0.2, 0.25) is 0 Å². The minimum atomic E-state index is -1.11. The van der Waals surface area contributed by atoms with E-state index in [2.05, 4.69) is 47.8 Å². The van der Waals surface area contributed by atoms with Crippen LogP contribution in [-0.2, 0) is 23.1 Å². The minimum Gasteiger partial charge on any atom is -0.388 e. The number of nitrogens with zero attached hydrogens (tertiary/aromatic N) is 3. The molecule has 2 amide bonds. The third-order valence-corrected chi connectivity index (χ3v) is 8.59. The zero-order valence-corrected chi connectivity index (χ0v) is 24.7. The third kappa shape index (κ3) is 5.73. The van der Waals surface area contributed by atoms with Gasteiger partial charge in [-0.3, -0.25) is 9.59 Å². The summed E-state index contributed by atoms with van der Waals surface area (Å²) in [4.78, 5) is 30.2. The van der Waals surface area contributed by atoms with E-state index in [9.17, 15) is 14.9 Å². The fraction of sp³-hybridized carbons (Fsp3) is 0.424. The molecule has 0 aromatic heterocycles. The van der Waals surface area contributed by atoms with E-state index in [1.54, 1.807) is 25.1 Å². The van der Waals surface area contributed by atoms with Crippen LogP contribution in [0.1, 0.15) is 64.4 Å². The van der Waals surface area contributed by atoms with Gasteiger partial charge in [0.15, 0.2) is 0 Å². The van der Waals surface area contributed by atoms with Crippen LogP contribution in [0, 0.1) is 11.3 Å². The Morgan fingerprint density at radius 1 is 1.15 bits per heavy atom. The Balaban J connectivity index is 1.76. The van der Waals surface area contributed by atoms with Crippen molar-refractivity contribution in [2.75, 3.05) is 34.2 Å². The maximum atomic E-state index is 13.7. The Morgan fingerprint density at radius 3 is 2.32 bits per heavy atom. The lowest BCUT2D eigenvalue weighted by Gasteiger charge is -2.36. The van der Waals surface area contributed by atoms with Gasteiger partial charge in [-0.1, -0.05) is 31.4 Å². The molecule has 2 aromatic carbocycles. The maximum absolute atomic E-state index is 13.7. The predicted octanol–water partition coefficient (Wildman–Crippen LogP) is 3.32. The Morgan fingerprint density at radius 2 is 1.76 bits per heavy atom. The average molecular weight is 555 g/mol. The zero-order valence-electron chi connectivity index (χ0n) is 24.7. The van der Waals surface area contributed by atoms with E-state index in [4.69, 9.17) is 5.73 Å². The second-order valence-corrected chi connectivity index (χ2v) is 11.5. The van der Waals surface area contributed by atoms with Gasteiger partial charge in [0.25, 0.3) is 5.91 Å². The van der Waals surface area contributed by atoms with E-state index < -0.39 is 11.3 Å². The lowest BCUT2D eigenvalue weighted by Crippen LogP contribution is -2.48. The normalized spacial score (nSPS) is 20.2. The first-order chi connectivity index (χ1) is 19.5. The van der Waals surface area contributed by atoms with Crippen LogP contribution in [0.3, 0.4) is 0 Å². The van der Waals surface area contributed by atoms with Crippen molar-refractivity contribution < 1.29 is 9.59 Å². The smallest absolute Gasteiger partial charge is 0.253 e. The van der Waals surface area contributed by atoms with Gasteiger partial charge in [-0.15, -0.1) is 0 Å². The molecule has 2 unspecified atom stereocenters. The molecule has 1 aliphatic carbocycles. The number of carbonyl (C=O) groups excluding carboxylic acids is 2. The van der Waals surface area contributed by atoms with Crippen molar-refractivity contribution in [1.82, 2.24) is 20.4 Å². The van der Waals surface area contributed by atoms with Crippen LogP contribution in [-0.4, -0.2) is 67.9 Å². The van der Waals surface area contributed by atoms with E-state index in [0.29, 0.717) is 31.4 Å². The summed E-state index contributed by atoms with van der Waals surface area (Å²) in [6.07, 6.45) is 3.62. The van der Waals surface area contributed by atoms with Crippen LogP contribution in [0.4, 0.5) is 0 Å². The largest absolute Gasteiger partial charge is 0.388 e. The summed E-state index contributed by atoms with van der Waals surface area (Å²) in [5.41, 5.74) is 12.2. The number of aryl methyl sites for hydroxylation is 2. The Kier molecular flexibility index (Phi) is 8.89. The molecule has 41 heavy (non-hydrogen) atoms. The minimum absolute atomic E-state index is 0.0852. The maximum Gasteiger partial charge on any atom is 0.253 e. The topological polar surface area (TPSA) is 114 Å². The van der Waals surface area contributed by atoms with Gasteiger partial charge in [-0.2, -0.15) is 5.26 Å². The molecule has 0 bridgehead atoms. The molecule has 216 valence electrons. The number of likely N-dealkylation sites (tertiary alicyclic amines) is 1. The Bertz CT molecular complexity index is 1410. The highest BCUT2D eigenvalue weighted by Gasteiger charge is 2.45. The molecular weight excluding hydrogens is 512 g/mol. The lowest BCUT2D eigenvalue weighted by atomic mass is 9.68. The molecule has 8 nitrogen and oxygen atoms in total. The number of benzene rings is 2. The molecule has 0 spiro atoms. The van der Waals surface area contributed by atoms with Crippen LogP contribution in [0.5, 0.6) is 0 Å². The van der Waals surface area contributed by atoms with E-state index in [0.717, 1.165) is 58.6 Å². The second-order valence-electron chi connectivity index (χ2n) is 11.5. The van der Waals surface area contributed by atoms with Crippen molar-refractivity contribution in [2.45, 2.75) is 56.5 Å². The molecule has 1 fully saturated rings. The fourth-order valence-electron chi connectivity index (χ4n) is 6.36. The first kappa shape index (κ1) is 29.9. The molecule has 1 aliphatic heterocycles. The molecule has 4 N–H and O–H groups in total. The predicted molar refractivity (Wildman–Crippen MR) is 163 cm³/mol. The van der Waals surface area contributed by atoms with Crippen molar-refractivity contribution in [1.29, 1.82) is 5.26 Å². The van der Waals surface area contributed by atoms with Crippen molar-refractivity contribution in [2.24, 2.45) is 5.73 Å². The number of amides is 2. The van der Waals surface area contributed by atoms with E-state index in [1.165, 1.54) is 0 Å². The van der Waals surface area contributed by atoms with Crippen LogP contribution in [0.25, 0.3) is 5.70 Å². The van der Waals surface area contributed by atoms with Crippen molar-refractivity contribution in [3.8, 4) is 6.07 Å². The van der Waals surface area contributed by atoms with Gasteiger partial charge in [-0.25, -0.2) is 0 Å². The van der Waals surface area contributed by atoms with Gasteiger partial charge in [0.1, 0.15) is 11.5 Å². The molecule has 1 saturated heterocycles. The van der Waals surface area contributed by atoms with Gasteiger partial charge in [-0.05, 0) is 85.0 Å². The summed E-state index contributed by atoms with van der Waals surface area (Å²) in [5.74, 6) is -0.511. The van der Waals surface area contributed by atoms with Crippen LogP contribution in [0.15, 0.2) is 55.3 Å². The van der Waals surface area contributed by atoms with Crippen LogP contribution < -0.4 is 16.4 Å². The first-order valence-electron chi connectivity index (χ1n) is 14.3. The SMILES string of the molecule is C=C(NC)c1ccc2c(c1)CCc1cc(C(=O)N(C)C)ccc1C2(C[C@@H](C)NCC(=C)N1CCCC1C#N)C(N)=O. The third-order valence-electron chi connectivity index (χ3n) is 8.59. The van der Waals surface area contributed by atoms with Crippen LogP contribution >= 0.6 is 0 Å². The molecule has 3 atom stereocenters. The van der Waals surface area contributed by atoms with Gasteiger partial charge in [0.2, 0.25) is 5.91 Å². The highest BCUT2D eigenvalue weighted by Crippen LogP contribution is 2.44. The standard InChI is InChI=1S/C33H42N6O2/c1-21(37-20-22(2)39-15-7-8-28(39)19-34)18-33(32(35)41)29-13-11-24(23(3)36-4)16-25(29)9-10-26-17-27(12-14-30(26)33)31(40)38(5)6/h11-14,16-17,21,28,36-37H,2-3,7-10,15,18,20H2,1,4-6H3,(H2,35,41)/t21-,28?,33?/m1/s1.